The zero-order valence-electron chi connectivity index (χ0n) is 17.1. The summed E-state index contributed by atoms with van der Waals surface area (Å²) in [4.78, 5) is 17.0. The van der Waals surface area contributed by atoms with Gasteiger partial charge in [-0.3, -0.25) is 10.3 Å². The van der Waals surface area contributed by atoms with Gasteiger partial charge in [0.15, 0.2) is 0 Å². The van der Waals surface area contributed by atoms with Crippen LogP contribution in [0.2, 0.25) is 10.0 Å². The molecule has 0 saturated carbocycles. The minimum Gasteiger partial charge on any atom is -0.321 e. The third-order valence-electron chi connectivity index (χ3n) is 5.95. The Labute approximate surface area is 188 Å². The first-order valence-corrected chi connectivity index (χ1v) is 11.4. The third-order valence-corrected chi connectivity index (χ3v) is 6.51. The highest BCUT2D eigenvalue weighted by molar-refractivity contribution is 6.35. The molecule has 2 aliphatic heterocycles. The second-order valence-corrected chi connectivity index (χ2v) is 8.81. The van der Waals surface area contributed by atoms with Crippen molar-refractivity contribution in [1.82, 2.24) is 20.2 Å². The normalized spacial score (nSPS) is 19.5. The molecule has 0 radical (unpaired) electrons. The highest BCUT2D eigenvalue weighted by atomic mass is 35.5. The summed E-state index contributed by atoms with van der Waals surface area (Å²) in [7, 11) is 0. The molecule has 1 unspecified atom stereocenters. The fourth-order valence-corrected chi connectivity index (χ4v) is 4.85. The van der Waals surface area contributed by atoms with Crippen LogP contribution in [-0.2, 0) is 0 Å². The fourth-order valence-electron chi connectivity index (χ4n) is 4.34. The Morgan fingerprint density at radius 3 is 2.23 bits per heavy atom. The van der Waals surface area contributed by atoms with Crippen LogP contribution in [-0.4, -0.2) is 60.1 Å². The third kappa shape index (κ3) is 5.09. The lowest BCUT2D eigenvalue weighted by Gasteiger charge is -2.40. The smallest absolute Gasteiger partial charge is 0.321 e. The quantitative estimate of drug-likeness (QED) is 0.731. The molecule has 30 heavy (non-hydrogen) atoms. The van der Waals surface area contributed by atoms with Crippen LogP contribution in [0.5, 0.6) is 0 Å². The average molecular weight is 447 g/mol. The van der Waals surface area contributed by atoms with Gasteiger partial charge in [0, 0.05) is 49.3 Å². The molecule has 4 rings (SSSR count). The van der Waals surface area contributed by atoms with E-state index < -0.39 is 0 Å². The Bertz CT molecular complexity index is 850. The number of hydrazine groups is 1. The Morgan fingerprint density at radius 2 is 1.57 bits per heavy atom. The van der Waals surface area contributed by atoms with Crippen molar-refractivity contribution >= 4 is 29.2 Å². The first-order chi connectivity index (χ1) is 14.6. The predicted octanol–water partition coefficient (Wildman–Crippen LogP) is 4.81. The van der Waals surface area contributed by atoms with E-state index >= 15 is 0 Å². The molecular weight excluding hydrogens is 419 g/mol. The molecule has 2 saturated heterocycles. The van der Waals surface area contributed by atoms with Crippen LogP contribution in [0.1, 0.15) is 36.4 Å². The van der Waals surface area contributed by atoms with Crippen molar-refractivity contribution in [2.24, 2.45) is 0 Å². The monoisotopic (exact) mass is 446 g/mol. The van der Waals surface area contributed by atoms with E-state index in [0.29, 0.717) is 23.1 Å². The lowest BCUT2D eigenvalue weighted by molar-refractivity contribution is 0.0954. The molecule has 160 valence electrons. The molecule has 5 nitrogen and oxygen atoms in total. The van der Waals surface area contributed by atoms with Gasteiger partial charge < -0.3 is 4.90 Å². The second kappa shape index (κ2) is 10.0. The van der Waals surface area contributed by atoms with E-state index in [1.807, 2.05) is 23.1 Å². The Hall–Kier alpha value is -1.79. The van der Waals surface area contributed by atoms with Crippen molar-refractivity contribution in [3.63, 3.8) is 0 Å². The van der Waals surface area contributed by atoms with Gasteiger partial charge >= 0.3 is 6.03 Å². The van der Waals surface area contributed by atoms with Gasteiger partial charge in [-0.25, -0.2) is 9.80 Å². The Kier molecular flexibility index (Phi) is 7.16. The van der Waals surface area contributed by atoms with Crippen LogP contribution in [0.3, 0.4) is 0 Å². The van der Waals surface area contributed by atoms with Crippen molar-refractivity contribution in [3.8, 4) is 0 Å². The maximum atomic E-state index is 12.7. The molecule has 1 atom stereocenters. The van der Waals surface area contributed by atoms with Gasteiger partial charge in [-0.05, 0) is 36.1 Å². The van der Waals surface area contributed by atoms with E-state index in [9.17, 15) is 4.79 Å². The summed E-state index contributed by atoms with van der Waals surface area (Å²) in [5, 5.41) is 3.36. The fraction of sp³-hybridized carbons (Fsp3) is 0.435. The molecular formula is C23H28Cl2N4O. The first-order valence-electron chi connectivity index (χ1n) is 10.7. The summed E-state index contributed by atoms with van der Waals surface area (Å²) in [6, 6.07) is 16.1. The summed E-state index contributed by atoms with van der Waals surface area (Å²) >= 11 is 12.7. The molecule has 0 bridgehead atoms. The number of carbonyl (C=O) groups excluding carboxylic acids is 1. The Morgan fingerprint density at radius 1 is 0.867 bits per heavy atom. The lowest BCUT2D eigenvalue weighted by Crippen LogP contribution is -2.56. The highest BCUT2D eigenvalue weighted by Crippen LogP contribution is 2.35. The largest absolute Gasteiger partial charge is 0.332 e. The summed E-state index contributed by atoms with van der Waals surface area (Å²) in [5.41, 5.74) is 5.31. The van der Waals surface area contributed by atoms with Crippen LogP contribution in [0, 0.1) is 0 Å². The van der Waals surface area contributed by atoms with Crippen LogP contribution in [0.15, 0.2) is 48.5 Å². The van der Waals surface area contributed by atoms with E-state index in [1.165, 1.54) is 12.0 Å². The molecule has 2 fully saturated rings. The topological polar surface area (TPSA) is 38.8 Å². The zero-order valence-corrected chi connectivity index (χ0v) is 18.6. The molecule has 0 spiro atoms. The number of urea groups is 1. The molecule has 0 aliphatic carbocycles. The van der Waals surface area contributed by atoms with E-state index in [-0.39, 0.29) is 12.1 Å². The number of hydrogen-bond acceptors (Lipinski definition) is 3. The minimum atomic E-state index is 0.0114. The van der Waals surface area contributed by atoms with E-state index in [1.54, 1.807) is 6.07 Å². The van der Waals surface area contributed by atoms with Crippen LogP contribution in [0.4, 0.5) is 4.79 Å². The first kappa shape index (κ1) is 21.4. The second-order valence-electron chi connectivity index (χ2n) is 7.97. The van der Waals surface area contributed by atoms with Gasteiger partial charge in [0.05, 0.1) is 6.04 Å². The standard InChI is InChI=1S/C23H28Cl2N4O/c24-19-9-10-20(21(25)17-19)22(18-7-3-1-4-8-18)27-13-15-28(16-14-27)23(30)26-29-11-5-2-6-12-29/h1,3-4,7-10,17,22H,2,5-6,11-16H2,(H,26,30). The van der Waals surface area contributed by atoms with Crippen LogP contribution in [0.25, 0.3) is 0 Å². The van der Waals surface area contributed by atoms with Crippen molar-refractivity contribution in [1.29, 1.82) is 0 Å². The molecule has 2 amide bonds. The molecule has 2 aromatic rings. The number of rotatable bonds is 4. The van der Waals surface area contributed by atoms with E-state index in [4.69, 9.17) is 23.2 Å². The maximum Gasteiger partial charge on any atom is 0.332 e. The summed E-state index contributed by atoms with van der Waals surface area (Å²) in [6.45, 7) is 4.83. The van der Waals surface area contributed by atoms with Crippen molar-refractivity contribution < 1.29 is 4.79 Å². The zero-order chi connectivity index (χ0) is 20.9. The molecule has 2 aromatic carbocycles. The number of carbonyl (C=O) groups is 1. The van der Waals surface area contributed by atoms with Crippen molar-refractivity contribution in [2.45, 2.75) is 25.3 Å². The number of hydrogen-bond donors (Lipinski definition) is 1. The number of nitrogens with one attached hydrogen (secondary N) is 1. The van der Waals surface area contributed by atoms with Crippen LogP contribution >= 0.6 is 23.2 Å². The number of amides is 2. The number of halogens is 2. The van der Waals surface area contributed by atoms with Crippen LogP contribution < -0.4 is 5.43 Å². The molecule has 2 heterocycles. The Balaban J connectivity index is 1.46. The number of piperidine rings is 1. The maximum absolute atomic E-state index is 12.7. The summed E-state index contributed by atoms with van der Waals surface area (Å²) in [5.74, 6) is 0. The predicted molar refractivity (Wildman–Crippen MR) is 122 cm³/mol. The van der Waals surface area contributed by atoms with Crippen molar-refractivity contribution in [3.05, 3.63) is 69.7 Å². The van der Waals surface area contributed by atoms with Gasteiger partial charge in [-0.1, -0.05) is 66.0 Å². The van der Waals surface area contributed by atoms with E-state index in [0.717, 1.165) is 44.6 Å². The minimum absolute atomic E-state index is 0.0114. The molecule has 2 aliphatic rings. The summed E-state index contributed by atoms with van der Waals surface area (Å²) < 4.78 is 0. The van der Waals surface area contributed by atoms with Gasteiger partial charge in [0.1, 0.15) is 0 Å². The van der Waals surface area contributed by atoms with Crippen molar-refractivity contribution in [2.75, 3.05) is 39.3 Å². The van der Waals surface area contributed by atoms with Gasteiger partial charge in [0.25, 0.3) is 0 Å². The molecule has 0 aromatic heterocycles. The summed E-state index contributed by atoms with van der Waals surface area (Å²) in [6.07, 6.45) is 3.54. The average Bonchev–Trinajstić information content (AvgIpc) is 2.77. The van der Waals surface area contributed by atoms with E-state index in [2.05, 4.69) is 39.6 Å². The number of piperazine rings is 1. The highest BCUT2D eigenvalue weighted by Gasteiger charge is 2.30. The molecule has 1 N–H and O–H groups in total. The number of benzene rings is 2. The lowest BCUT2D eigenvalue weighted by atomic mass is 9.96. The number of nitrogens with zero attached hydrogens (tertiary/aromatic N) is 3. The SMILES string of the molecule is O=C(NN1CCCCC1)N1CCN(C(c2ccccc2)c2ccc(Cl)cc2Cl)CC1. The molecule has 7 heteroatoms. The van der Waals surface area contributed by atoms with Gasteiger partial charge in [0.2, 0.25) is 0 Å². The van der Waals surface area contributed by atoms with Gasteiger partial charge in [-0.15, -0.1) is 0 Å². The van der Waals surface area contributed by atoms with Gasteiger partial charge in [-0.2, -0.15) is 0 Å².